The van der Waals surface area contributed by atoms with Crippen LogP contribution in [0.3, 0.4) is 0 Å². The number of nitrogens with zero attached hydrogens (tertiary/aromatic N) is 1. The van der Waals surface area contributed by atoms with Crippen molar-refractivity contribution in [3.8, 4) is 5.75 Å². The highest BCUT2D eigenvalue weighted by molar-refractivity contribution is 5.94. The number of benzene rings is 1. The van der Waals surface area contributed by atoms with Gasteiger partial charge in [-0.25, -0.2) is 0 Å². The second-order valence-electron chi connectivity index (χ2n) is 5.33. The van der Waals surface area contributed by atoms with E-state index in [1.807, 2.05) is 13.8 Å². The molecular formula is C14H23N3O3. The van der Waals surface area contributed by atoms with Crippen molar-refractivity contribution in [1.29, 1.82) is 0 Å². The van der Waals surface area contributed by atoms with Gasteiger partial charge in [-0.05, 0) is 39.1 Å². The lowest BCUT2D eigenvalue weighted by Crippen LogP contribution is -2.47. The number of anilines is 2. The monoisotopic (exact) mass is 281 g/mol. The fraction of sp³-hybridized carbons (Fsp3) is 0.500. The van der Waals surface area contributed by atoms with Crippen LogP contribution in [-0.4, -0.2) is 48.8 Å². The van der Waals surface area contributed by atoms with E-state index in [1.165, 1.54) is 7.11 Å². The molecule has 0 aliphatic heterocycles. The fourth-order valence-electron chi connectivity index (χ4n) is 1.56. The molecule has 0 aromatic heterocycles. The molecule has 0 aliphatic carbocycles. The summed E-state index contributed by atoms with van der Waals surface area (Å²) >= 11 is 0. The molecule has 112 valence electrons. The number of likely N-dealkylation sites (N-methyl/N-ethyl adjacent to an activating group) is 1. The first-order chi connectivity index (χ1) is 9.30. The number of amides is 1. The number of nitrogens with one attached hydrogen (secondary N) is 1. The summed E-state index contributed by atoms with van der Waals surface area (Å²) in [4.78, 5) is 13.8. The lowest BCUT2D eigenvalue weighted by Gasteiger charge is -2.33. The van der Waals surface area contributed by atoms with Gasteiger partial charge in [-0.3, -0.25) is 9.69 Å². The molecule has 0 atom stereocenters. The van der Waals surface area contributed by atoms with Gasteiger partial charge in [0, 0.05) is 11.2 Å². The summed E-state index contributed by atoms with van der Waals surface area (Å²) in [6.07, 6.45) is 0. The number of hydrogen-bond acceptors (Lipinski definition) is 5. The van der Waals surface area contributed by atoms with E-state index < -0.39 is 5.54 Å². The van der Waals surface area contributed by atoms with Gasteiger partial charge in [0.2, 0.25) is 5.91 Å². The molecule has 1 aromatic rings. The Kier molecular flexibility index (Phi) is 5.35. The first kappa shape index (κ1) is 16.3. The summed E-state index contributed by atoms with van der Waals surface area (Å²) in [6, 6.07) is 5.05. The maximum Gasteiger partial charge on any atom is 0.238 e. The van der Waals surface area contributed by atoms with Crippen molar-refractivity contribution < 1.29 is 14.6 Å². The molecule has 4 N–H and O–H groups in total. The maximum atomic E-state index is 12.0. The van der Waals surface area contributed by atoms with Gasteiger partial charge in [-0.15, -0.1) is 0 Å². The van der Waals surface area contributed by atoms with Crippen LogP contribution in [0.4, 0.5) is 11.4 Å². The number of aliphatic hydroxyl groups excluding tert-OH is 1. The molecule has 6 heteroatoms. The van der Waals surface area contributed by atoms with Gasteiger partial charge in [0.15, 0.2) is 0 Å². The van der Waals surface area contributed by atoms with Crippen molar-refractivity contribution in [2.45, 2.75) is 19.4 Å². The van der Waals surface area contributed by atoms with Crippen LogP contribution in [0.2, 0.25) is 0 Å². The zero-order chi connectivity index (χ0) is 15.3. The smallest absolute Gasteiger partial charge is 0.238 e. The van der Waals surface area contributed by atoms with Gasteiger partial charge in [-0.1, -0.05) is 0 Å². The maximum absolute atomic E-state index is 12.0. The molecule has 0 spiro atoms. The number of carbonyl (C=O) groups is 1. The van der Waals surface area contributed by atoms with Crippen LogP contribution in [0.1, 0.15) is 13.8 Å². The summed E-state index contributed by atoms with van der Waals surface area (Å²) in [5.41, 5.74) is 6.32. The first-order valence-electron chi connectivity index (χ1n) is 6.35. The second kappa shape index (κ2) is 6.58. The van der Waals surface area contributed by atoms with Crippen molar-refractivity contribution in [2.75, 3.05) is 38.4 Å². The number of carbonyl (C=O) groups excluding carboxylic acids is 1. The largest absolute Gasteiger partial charge is 0.495 e. The van der Waals surface area contributed by atoms with Crippen molar-refractivity contribution in [3.05, 3.63) is 18.2 Å². The van der Waals surface area contributed by atoms with Crippen LogP contribution < -0.4 is 15.8 Å². The molecule has 0 bridgehead atoms. The van der Waals surface area contributed by atoms with Gasteiger partial charge >= 0.3 is 0 Å². The Labute approximate surface area is 119 Å². The van der Waals surface area contributed by atoms with E-state index >= 15 is 0 Å². The normalized spacial score (nSPS) is 11.5. The van der Waals surface area contributed by atoms with E-state index in [-0.39, 0.29) is 19.1 Å². The molecule has 1 aromatic carbocycles. The molecule has 6 nitrogen and oxygen atoms in total. The highest BCUT2D eigenvalue weighted by Crippen LogP contribution is 2.26. The first-order valence-corrected chi connectivity index (χ1v) is 6.35. The van der Waals surface area contributed by atoms with Crippen LogP contribution >= 0.6 is 0 Å². The Bertz CT molecular complexity index is 475. The number of aliphatic hydroxyl groups is 1. The molecule has 0 saturated heterocycles. The van der Waals surface area contributed by atoms with Gasteiger partial charge in [-0.2, -0.15) is 0 Å². The van der Waals surface area contributed by atoms with Crippen LogP contribution in [0.25, 0.3) is 0 Å². The molecule has 0 unspecified atom stereocenters. The Morgan fingerprint density at radius 3 is 2.70 bits per heavy atom. The van der Waals surface area contributed by atoms with Crippen molar-refractivity contribution >= 4 is 17.3 Å². The molecule has 0 saturated carbocycles. The SMILES string of the molecule is COc1ccc(N)cc1NC(=O)CN(C)C(C)(C)CO. The fourth-order valence-corrected chi connectivity index (χ4v) is 1.56. The number of rotatable bonds is 6. The highest BCUT2D eigenvalue weighted by Gasteiger charge is 2.24. The predicted molar refractivity (Wildman–Crippen MR) is 79.8 cm³/mol. The average molecular weight is 281 g/mol. The van der Waals surface area contributed by atoms with E-state index in [0.29, 0.717) is 17.1 Å². The summed E-state index contributed by atoms with van der Waals surface area (Å²) < 4.78 is 5.17. The zero-order valence-electron chi connectivity index (χ0n) is 12.4. The summed E-state index contributed by atoms with van der Waals surface area (Å²) in [5.74, 6) is 0.356. The molecule has 1 rings (SSSR count). The number of nitrogen functional groups attached to an aromatic ring is 1. The highest BCUT2D eigenvalue weighted by atomic mass is 16.5. The van der Waals surface area contributed by atoms with Crippen LogP contribution in [0.15, 0.2) is 18.2 Å². The lowest BCUT2D eigenvalue weighted by molar-refractivity contribution is -0.118. The minimum absolute atomic E-state index is 0.0294. The van der Waals surface area contributed by atoms with Crippen LogP contribution in [0, 0.1) is 0 Å². The molecule has 0 heterocycles. The van der Waals surface area contributed by atoms with Crippen molar-refractivity contribution in [3.63, 3.8) is 0 Å². The van der Waals surface area contributed by atoms with Crippen LogP contribution in [-0.2, 0) is 4.79 Å². The summed E-state index contributed by atoms with van der Waals surface area (Å²) in [7, 11) is 3.31. The Balaban J connectivity index is 2.74. The standard InChI is InChI=1S/C14H23N3O3/c1-14(2,9-18)17(3)8-13(19)16-11-7-10(15)5-6-12(11)20-4/h5-7,18H,8-9,15H2,1-4H3,(H,16,19). The second-order valence-corrected chi connectivity index (χ2v) is 5.33. The minimum Gasteiger partial charge on any atom is -0.495 e. The van der Waals surface area contributed by atoms with Crippen molar-refractivity contribution in [1.82, 2.24) is 4.90 Å². The van der Waals surface area contributed by atoms with Gasteiger partial charge < -0.3 is 20.9 Å². The van der Waals surface area contributed by atoms with E-state index in [4.69, 9.17) is 10.5 Å². The molecule has 0 fully saturated rings. The number of nitrogens with two attached hydrogens (primary N) is 1. The van der Waals surface area contributed by atoms with Gasteiger partial charge in [0.1, 0.15) is 5.75 Å². The van der Waals surface area contributed by atoms with Gasteiger partial charge in [0.05, 0.1) is 25.9 Å². The van der Waals surface area contributed by atoms with E-state index in [9.17, 15) is 9.90 Å². The quantitative estimate of drug-likeness (QED) is 0.675. The summed E-state index contributed by atoms with van der Waals surface area (Å²) in [6.45, 7) is 3.85. The van der Waals surface area contributed by atoms with E-state index in [2.05, 4.69) is 5.32 Å². The Morgan fingerprint density at radius 1 is 1.50 bits per heavy atom. The van der Waals surface area contributed by atoms with E-state index in [1.54, 1.807) is 30.1 Å². The number of methoxy groups -OCH3 is 1. The van der Waals surface area contributed by atoms with Crippen molar-refractivity contribution in [2.24, 2.45) is 0 Å². The average Bonchev–Trinajstić information content (AvgIpc) is 2.38. The zero-order valence-corrected chi connectivity index (χ0v) is 12.4. The minimum atomic E-state index is -0.461. The Morgan fingerprint density at radius 2 is 2.15 bits per heavy atom. The lowest BCUT2D eigenvalue weighted by atomic mass is 10.1. The molecule has 20 heavy (non-hydrogen) atoms. The van der Waals surface area contributed by atoms with E-state index in [0.717, 1.165) is 0 Å². The number of ether oxygens (including phenoxy) is 1. The third-order valence-electron chi connectivity index (χ3n) is 3.30. The summed E-state index contributed by atoms with van der Waals surface area (Å²) in [5, 5.41) is 12.0. The third-order valence-corrected chi connectivity index (χ3v) is 3.30. The van der Waals surface area contributed by atoms with Gasteiger partial charge in [0.25, 0.3) is 0 Å². The molecular weight excluding hydrogens is 258 g/mol. The molecule has 0 aliphatic rings. The Hall–Kier alpha value is -1.79. The third kappa shape index (κ3) is 4.11. The predicted octanol–water partition coefficient (Wildman–Crippen LogP) is 0.919. The number of hydrogen-bond donors (Lipinski definition) is 3. The molecule has 0 radical (unpaired) electrons. The topological polar surface area (TPSA) is 87.8 Å². The molecule has 1 amide bonds. The van der Waals surface area contributed by atoms with Crippen LogP contribution in [0.5, 0.6) is 5.75 Å².